The summed E-state index contributed by atoms with van der Waals surface area (Å²) >= 11 is 0. The number of hydrogen-bond acceptors (Lipinski definition) is 2. The van der Waals surface area contributed by atoms with E-state index in [0.29, 0.717) is 11.4 Å². The molecule has 0 aliphatic rings. The number of nitrogen functional groups attached to an aromatic ring is 2. The van der Waals surface area contributed by atoms with Crippen LogP contribution in [0.2, 0.25) is 0 Å². The molecular weight excluding hydrogens is 256 g/mol. The molecule has 0 heterocycles. The van der Waals surface area contributed by atoms with E-state index in [2.05, 4.69) is 24.8 Å². The first-order valence-corrected chi connectivity index (χ1v) is 6.87. The van der Waals surface area contributed by atoms with E-state index in [0.717, 1.165) is 22.3 Å². The van der Waals surface area contributed by atoms with Crippen molar-refractivity contribution in [2.24, 2.45) is 0 Å². The normalized spacial score (nSPS) is 11.8. The maximum absolute atomic E-state index is 5.91. The topological polar surface area (TPSA) is 52.0 Å². The molecule has 0 atom stereocenters. The van der Waals surface area contributed by atoms with Gasteiger partial charge in [0.05, 0.1) is 0 Å². The van der Waals surface area contributed by atoms with Crippen LogP contribution in [0.5, 0.6) is 0 Å². The van der Waals surface area contributed by atoms with E-state index in [9.17, 15) is 0 Å². The predicted octanol–water partition coefficient (Wildman–Crippen LogP) is 4.66. The lowest BCUT2D eigenvalue weighted by Gasteiger charge is -2.12. The SMILES string of the molecule is C=C/C=C\C(=C/C)c1ccccc1-c1cc(N)cc(N)c1. The number of rotatable bonds is 4. The smallest absolute Gasteiger partial charge is 0.0340 e. The molecular formula is C19H20N2. The molecule has 0 amide bonds. The monoisotopic (exact) mass is 276 g/mol. The van der Waals surface area contributed by atoms with Gasteiger partial charge in [-0.05, 0) is 47.4 Å². The van der Waals surface area contributed by atoms with Crippen LogP contribution < -0.4 is 11.5 Å². The van der Waals surface area contributed by atoms with Crippen LogP contribution in [0.15, 0.2) is 73.3 Å². The van der Waals surface area contributed by atoms with Crippen molar-refractivity contribution in [2.45, 2.75) is 6.92 Å². The molecule has 0 spiro atoms. The third kappa shape index (κ3) is 3.42. The minimum absolute atomic E-state index is 0.670. The Hall–Kier alpha value is -2.74. The third-order valence-electron chi connectivity index (χ3n) is 3.25. The molecule has 2 heteroatoms. The summed E-state index contributed by atoms with van der Waals surface area (Å²) in [6.45, 7) is 5.74. The molecule has 2 aromatic carbocycles. The molecule has 0 aliphatic heterocycles. The highest BCUT2D eigenvalue weighted by Gasteiger charge is 2.08. The van der Waals surface area contributed by atoms with Gasteiger partial charge in [0.25, 0.3) is 0 Å². The second kappa shape index (κ2) is 6.62. The van der Waals surface area contributed by atoms with Crippen LogP contribution in [0.4, 0.5) is 11.4 Å². The van der Waals surface area contributed by atoms with Gasteiger partial charge in [0.2, 0.25) is 0 Å². The van der Waals surface area contributed by atoms with Crippen LogP contribution in [0.25, 0.3) is 16.7 Å². The average Bonchev–Trinajstić information content (AvgIpc) is 2.47. The third-order valence-corrected chi connectivity index (χ3v) is 3.25. The van der Waals surface area contributed by atoms with E-state index in [1.807, 2.05) is 43.3 Å². The summed E-state index contributed by atoms with van der Waals surface area (Å²) in [5, 5.41) is 0. The first-order chi connectivity index (χ1) is 10.2. The number of nitrogens with two attached hydrogens (primary N) is 2. The lowest BCUT2D eigenvalue weighted by molar-refractivity contribution is 1.55. The van der Waals surface area contributed by atoms with Crippen molar-refractivity contribution in [1.29, 1.82) is 0 Å². The van der Waals surface area contributed by atoms with Gasteiger partial charge in [-0.25, -0.2) is 0 Å². The minimum atomic E-state index is 0.670. The van der Waals surface area contributed by atoms with Crippen molar-refractivity contribution in [3.8, 4) is 11.1 Å². The quantitative estimate of drug-likeness (QED) is 0.630. The minimum Gasteiger partial charge on any atom is -0.399 e. The molecule has 2 aromatic rings. The zero-order valence-corrected chi connectivity index (χ0v) is 12.2. The Bertz CT molecular complexity index is 689. The standard InChI is InChI=1S/C19H20N2/c1-3-5-8-14(4-2)18-9-6-7-10-19(18)15-11-16(20)13-17(21)12-15/h3-13H,1,20-21H2,2H3/b8-5-,14-4+. The average molecular weight is 276 g/mol. The van der Waals surface area contributed by atoms with E-state index in [4.69, 9.17) is 11.5 Å². The van der Waals surface area contributed by atoms with Crippen molar-refractivity contribution in [1.82, 2.24) is 0 Å². The molecule has 106 valence electrons. The molecule has 0 saturated carbocycles. The Balaban J connectivity index is 2.60. The van der Waals surface area contributed by atoms with Gasteiger partial charge in [0.15, 0.2) is 0 Å². The lowest BCUT2D eigenvalue weighted by Crippen LogP contribution is -1.93. The fourth-order valence-electron chi connectivity index (χ4n) is 2.33. The van der Waals surface area contributed by atoms with Crippen molar-refractivity contribution in [3.63, 3.8) is 0 Å². The maximum Gasteiger partial charge on any atom is 0.0340 e. The molecule has 0 aliphatic carbocycles. The van der Waals surface area contributed by atoms with Crippen molar-refractivity contribution in [3.05, 3.63) is 78.9 Å². The second-order valence-corrected chi connectivity index (χ2v) is 4.77. The molecule has 0 fully saturated rings. The van der Waals surface area contributed by atoms with E-state index in [1.54, 1.807) is 12.1 Å². The maximum atomic E-state index is 5.91. The fraction of sp³-hybridized carbons (Fsp3) is 0.0526. The Morgan fingerprint density at radius 2 is 1.71 bits per heavy atom. The van der Waals surface area contributed by atoms with Gasteiger partial charge in [0.1, 0.15) is 0 Å². The number of allylic oxidation sites excluding steroid dienone is 5. The molecule has 0 bridgehead atoms. The molecule has 0 unspecified atom stereocenters. The highest BCUT2D eigenvalue weighted by atomic mass is 14.6. The van der Waals surface area contributed by atoms with E-state index < -0.39 is 0 Å². The lowest BCUT2D eigenvalue weighted by atomic mass is 9.93. The summed E-state index contributed by atoms with van der Waals surface area (Å²) in [4.78, 5) is 0. The van der Waals surface area contributed by atoms with Gasteiger partial charge in [0, 0.05) is 11.4 Å². The van der Waals surface area contributed by atoms with Crippen molar-refractivity contribution >= 4 is 16.9 Å². The first kappa shape index (κ1) is 14.7. The molecule has 2 rings (SSSR count). The van der Waals surface area contributed by atoms with Gasteiger partial charge in [-0.15, -0.1) is 0 Å². The molecule has 21 heavy (non-hydrogen) atoms. The highest BCUT2D eigenvalue weighted by Crippen LogP contribution is 2.32. The molecule has 0 aromatic heterocycles. The summed E-state index contributed by atoms with van der Waals surface area (Å²) in [5.41, 5.74) is 17.6. The Morgan fingerprint density at radius 1 is 1.05 bits per heavy atom. The van der Waals surface area contributed by atoms with Gasteiger partial charge in [-0.1, -0.05) is 55.1 Å². The number of anilines is 2. The Kier molecular flexibility index (Phi) is 4.62. The number of hydrogen-bond donors (Lipinski definition) is 2. The predicted molar refractivity (Wildman–Crippen MR) is 93.7 cm³/mol. The van der Waals surface area contributed by atoms with Gasteiger partial charge >= 0.3 is 0 Å². The number of benzene rings is 2. The summed E-state index contributed by atoms with van der Waals surface area (Å²) < 4.78 is 0. The van der Waals surface area contributed by atoms with Gasteiger partial charge in [-0.2, -0.15) is 0 Å². The van der Waals surface area contributed by atoms with Crippen LogP contribution in [-0.2, 0) is 0 Å². The second-order valence-electron chi connectivity index (χ2n) is 4.77. The summed E-state index contributed by atoms with van der Waals surface area (Å²) in [6, 6.07) is 13.9. The molecule has 4 N–H and O–H groups in total. The summed E-state index contributed by atoms with van der Waals surface area (Å²) in [7, 11) is 0. The van der Waals surface area contributed by atoms with Gasteiger partial charge in [-0.3, -0.25) is 0 Å². The van der Waals surface area contributed by atoms with Crippen LogP contribution >= 0.6 is 0 Å². The molecule has 0 saturated heterocycles. The first-order valence-electron chi connectivity index (χ1n) is 6.87. The van der Waals surface area contributed by atoms with E-state index >= 15 is 0 Å². The van der Waals surface area contributed by atoms with Crippen LogP contribution in [0.3, 0.4) is 0 Å². The summed E-state index contributed by atoms with van der Waals surface area (Å²) in [6.07, 6.45) is 7.82. The highest BCUT2D eigenvalue weighted by molar-refractivity contribution is 5.87. The van der Waals surface area contributed by atoms with Crippen molar-refractivity contribution < 1.29 is 0 Å². The summed E-state index contributed by atoms with van der Waals surface area (Å²) in [5.74, 6) is 0. The fourth-order valence-corrected chi connectivity index (χ4v) is 2.33. The molecule has 2 nitrogen and oxygen atoms in total. The van der Waals surface area contributed by atoms with Crippen LogP contribution in [0, 0.1) is 0 Å². The van der Waals surface area contributed by atoms with E-state index in [-0.39, 0.29) is 0 Å². The van der Waals surface area contributed by atoms with Crippen LogP contribution in [-0.4, -0.2) is 0 Å². The van der Waals surface area contributed by atoms with Crippen LogP contribution in [0.1, 0.15) is 12.5 Å². The van der Waals surface area contributed by atoms with Crippen molar-refractivity contribution in [2.75, 3.05) is 11.5 Å². The van der Waals surface area contributed by atoms with Gasteiger partial charge < -0.3 is 11.5 Å². The van der Waals surface area contributed by atoms with E-state index in [1.165, 1.54) is 0 Å². The Labute approximate surface area is 126 Å². The zero-order chi connectivity index (χ0) is 15.2. The Morgan fingerprint density at radius 3 is 2.33 bits per heavy atom. The largest absolute Gasteiger partial charge is 0.399 e. The molecule has 0 radical (unpaired) electrons. The zero-order valence-electron chi connectivity index (χ0n) is 12.2.